The van der Waals surface area contributed by atoms with E-state index in [4.69, 9.17) is 25.8 Å². The van der Waals surface area contributed by atoms with Crippen LogP contribution in [0.1, 0.15) is 53.1 Å². The van der Waals surface area contributed by atoms with Crippen molar-refractivity contribution in [1.29, 1.82) is 0 Å². The maximum atomic E-state index is 12.8. The molecular weight excluding hydrogens is 394 g/mol. The minimum atomic E-state index is -0.407. The van der Waals surface area contributed by atoms with Crippen LogP contribution in [0.3, 0.4) is 0 Å². The molecule has 1 amide bonds. The van der Waals surface area contributed by atoms with Gasteiger partial charge in [-0.15, -0.1) is 0 Å². The summed E-state index contributed by atoms with van der Waals surface area (Å²) in [6.45, 7) is 6.49. The van der Waals surface area contributed by atoms with E-state index in [0.29, 0.717) is 35.1 Å². The van der Waals surface area contributed by atoms with E-state index < -0.39 is 5.97 Å². The van der Waals surface area contributed by atoms with Crippen LogP contribution < -0.4 is 10.1 Å². The minimum Gasteiger partial charge on any atom is -0.490 e. The largest absolute Gasteiger partial charge is 0.490 e. The van der Waals surface area contributed by atoms with Crippen molar-refractivity contribution in [2.24, 2.45) is 0 Å². The average Bonchev–Trinajstić information content (AvgIpc) is 2.71. The molecule has 0 aliphatic heterocycles. The Bertz CT molecular complexity index is 836. The average molecular weight is 420 g/mol. The third-order valence-corrected chi connectivity index (χ3v) is 4.39. The number of hydrogen-bond donors (Lipinski definition) is 1. The van der Waals surface area contributed by atoms with Crippen LogP contribution in [0.5, 0.6) is 5.75 Å². The Kier molecular flexibility index (Phi) is 8.49. The van der Waals surface area contributed by atoms with E-state index in [0.717, 1.165) is 5.56 Å². The van der Waals surface area contributed by atoms with E-state index in [1.165, 1.54) is 7.11 Å². The van der Waals surface area contributed by atoms with Gasteiger partial charge in [0.2, 0.25) is 0 Å². The number of ether oxygens (including phenoxy) is 3. The maximum absolute atomic E-state index is 12.8. The molecule has 2 aromatic carbocycles. The van der Waals surface area contributed by atoms with E-state index in [-0.39, 0.29) is 18.1 Å². The zero-order valence-electron chi connectivity index (χ0n) is 17.0. The molecule has 0 fully saturated rings. The molecular formula is C22H26ClNO5. The van der Waals surface area contributed by atoms with Gasteiger partial charge in [0, 0.05) is 5.02 Å². The molecule has 6 nitrogen and oxygen atoms in total. The number of benzene rings is 2. The van der Waals surface area contributed by atoms with Crippen LogP contribution in [0, 0.1) is 0 Å². The summed E-state index contributed by atoms with van der Waals surface area (Å²) in [5.41, 5.74) is 1.64. The molecule has 0 radical (unpaired) electrons. The molecule has 1 atom stereocenters. The van der Waals surface area contributed by atoms with Crippen molar-refractivity contribution >= 4 is 23.5 Å². The normalized spacial score (nSPS) is 11.8. The summed E-state index contributed by atoms with van der Waals surface area (Å²) in [6, 6.07) is 11.5. The number of carbonyl (C=O) groups is 2. The van der Waals surface area contributed by atoms with Crippen LogP contribution in [-0.2, 0) is 9.47 Å². The summed E-state index contributed by atoms with van der Waals surface area (Å²) in [4.78, 5) is 24.4. The zero-order chi connectivity index (χ0) is 21.4. The second-order valence-corrected chi connectivity index (χ2v) is 7.15. The number of esters is 1. The maximum Gasteiger partial charge on any atom is 0.337 e. The fourth-order valence-corrected chi connectivity index (χ4v) is 2.80. The fourth-order valence-electron chi connectivity index (χ4n) is 2.62. The molecule has 2 aromatic rings. The van der Waals surface area contributed by atoms with E-state index in [9.17, 15) is 9.59 Å². The molecule has 0 aliphatic rings. The molecule has 0 bridgehead atoms. The van der Waals surface area contributed by atoms with Crippen molar-refractivity contribution in [3.63, 3.8) is 0 Å². The van der Waals surface area contributed by atoms with Gasteiger partial charge in [-0.3, -0.25) is 4.79 Å². The lowest BCUT2D eigenvalue weighted by Crippen LogP contribution is -2.27. The molecule has 0 spiro atoms. The monoisotopic (exact) mass is 419 g/mol. The lowest BCUT2D eigenvalue weighted by Gasteiger charge is -2.17. The summed E-state index contributed by atoms with van der Waals surface area (Å²) in [7, 11) is 1.33. The van der Waals surface area contributed by atoms with Crippen LogP contribution in [-0.4, -0.2) is 38.3 Å². The second-order valence-electron chi connectivity index (χ2n) is 6.72. The molecule has 0 saturated heterocycles. The first kappa shape index (κ1) is 22.7. The molecule has 1 N–H and O–H groups in total. The number of hydrogen-bond acceptors (Lipinski definition) is 5. The Hall–Kier alpha value is -2.57. The molecule has 156 valence electrons. The number of carbonyl (C=O) groups excluding carboxylic acids is 2. The van der Waals surface area contributed by atoms with Gasteiger partial charge in [-0.2, -0.15) is 0 Å². The zero-order valence-corrected chi connectivity index (χ0v) is 17.8. The van der Waals surface area contributed by atoms with Crippen LogP contribution in [0.4, 0.5) is 0 Å². The first-order valence-corrected chi connectivity index (χ1v) is 9.72. The van der Waals surface area contributed by atoms with Crippen molar-refractivity contribution in [2.45, 2.75) is 32.9 Å². The van der Waals surface area contributed by atoms with E-state index >= 15 is 0 Å². The molecule has 29 heavy (non-hydrogen) atoms. The second kappa shape index (κ2) is 10.8. The number of rotatable bonds is 9. The molecule has 0 saturated carbocycles. The van der Waals surface area contributed by atoms with Gasteiger partial charge in [-0.05, 0) is 56.7 Å². The fraction of sp³-hybridized carbons (Fsp3) is 0.364. The lowest BCUT2D eigenvalue weighted by molar-refractivity contribution is 0.0548. The SMILES string of the molecule is COC(=O)c1ccc([C@H](C)NC(=O)c2cc(Cl)ccc2OCCOC(C)C)cc1. The van der Waals surface area contributed by atoms with Crippen molar-refractivity contribution in [2.75, 3.05) is 20.3 Å². The van der Waals surface area contributed by atoms with Gasteiger partial charge in [0.1, 0.15) is 12.4 Å². The smallest absolute Gasteiger partial charge is 0.337 e. The number of nitrogens with one attached hydrogen (secondary N) is 1. The van der Waals surface area contributed by atoms with Gasteiger partial charge in [0.15, 0.2) is 0 Å². The van der Waals surface area contributed by atoms with Gasteiger partial charge in [0.25, 0.3) is 5.91 Å². The van der Waals surface area contributed by atoms with Crippen molar-refractivity contribution in [3.8, 4) is 5.75 Å². The first-order valence-electron chi connectivity index (χ1n) is 9.35. The molecule has 0 heterocycles. The van der Waals surface area contributed by atoms with Gasteiger partial charge in [-0.1, -0.05) is 23.7 Å². The van der Waals surface area contributed by atoms with Crippen LogP contribution in [0.2, 0.25) is 5.02 Å². The van der Waals surface area contributed by atoms with Crippen molar-refractivity contribution < 1.29 is 23.8 Å². The van der Waals surface area contributed by atoms with Crippen LogP contribution >= 0.6 is 11.6 Å². The summed E-state index contributed by atoms with van der Waals surface area (Å²) in [5.74, 6) is -0.278. The Morgan fingerprint density at radius 1 is 1.03 bits per heavy atom. The van der Waals surface area contributed by atoms with Gasteiger partial charge >= 0.3 is 5.97 Å². The quantitative estimate of drug-likeness (QED) is 0.481. The predicted octanol–water partition coefficient (Wildman–Crippen LogP) is 4.42. The molecule has 0 unspecified atom stereocenters. The molecule has 2 rings (SSSR count). The Balaban J connectivity index is 2.07. The highest BCUT2D eigenvalue weighted by molar-refractivity contribution is 6.31. The van der Waals surface area contributed by atoms with E-state index in [2.05, 4.69) is 5.32 Å². The highest BCUT2D eigenvalue weighted by Crippen LogP contribution is 2.24. The van der Waals surface area contributed by atoms with E-state index in [1.54, 1.807) is 42.5 Å². The standard InChI is InChI=1S/C22H26ClNO5/c1-14(2)28-11-12-29-20-10-9-18(23)13-19(20)21(25)24-15(3)16-5-7-17(8-6-16)22(26)27-4/h5-10,13-15H,11-12H2,1-4H3,(H,24,25)/t15-/m0/s1. The highest BCUT2D eigenvalue weighted by atomic mass is 35.5. The first-order chi connectivity index (χ1) is 13.8. The van der Waals surface area contributed by atoms with E-state index in [1.807, 2.05) is 20.8 Å². The van der Waals surface area contributed by atoms with Crippen LogP contribution in [0.25, 0.3) is 0 Å². The molecule has 7 heteroatoms. The third-order valence-electron chi connectivity index (χ3n) is 4.16. The van der Waals surface area contributed by atoms with Crippen LogP contribution in [0.15, 0.2) is 42.5 Å². The summed E-state index contributed by atoms with van der Waals surface area (Å²) >= 11 is 6.07. The Morgan fingerprint density at radius 2 is 1.72 bits per heavy atom. The summed E-state index contributed by atoms with van der Waals surface area (Å²) in [5, 5.41) is 3.37. The summed E-state index contributed by atoms with van der Waals surface area (Å²) in [6.07, 6.45) is 0.109. The van der Waals surface area contributed by atoms with Gasteiger partial charge in [0.05, 0.1) is 37.0 Å². The number of methoxy groups -OCH3 is 1. The predicted molar refractivity (Wildman–Crippen MR) is 112 cm³/mol. The number of amides is 1. The van der Waals surface area contributed by atoms with Gasteiger partial charge in [-0.25, -0.2) is 4.79 Å². The summed E-state index contributed by atoms with van der Waals surface area (Å²) < 4.78 is 15.9. The molecule has 0 aromatic heterocycles. The third kappa shape index (κ3) is 6.76. The van der Waals surface area contributed by atoms with Gasteiger partial charge < -0.3 is 19.5 Å². The Morgan fingerprint density at radius 3 is 2.34 bits per heavy atom. The van der Waals surface area contributed by atoms with Crippen molar-refractivity contribution in [1.82, 2.24) is 5.32 Å². The minimum absolute atomic E-state index is 0.109. The number of halogens is 1. The topological polar surface area (TPSA) is 73.9 Å². The lowest BCUT2D eigenvalue weighted by atomic mass is 10.1. The highest BCUT2D eigenvalue weighted by Gasteiger charge is 2.17. The Labute approximate surface area is 176 Å². The van der Waals surface area contributed by atoms with Crippen molar-refractivity contribution in [3.05, 3.63) is 64.2 Å². The molecule has 0 aliphatic carbocycles.